The standard InChI is InChI=1S/C18H28O5S/c1-14-12-13-17(24(21,22)23)16(15(14)2)10-8-6-4-3-5-7-9-11-18(19)20/h12-13H,3-11H2,1-2H3,(H,19,20)(H,21,22,23). The van der Waals surface area contributed by atoms with Gasteiger partial charge in [-0.05, 0) is 55.9 Å². The fourth-order valence-electron chi connectivity index (χ4n) is 2.86. The van der Waals surface area contributed by atoms with E-state index >= 15 is 0 Å². The van der Waals surface area contributed by atoms with Crippen LogP contribution in [0.25, 0.3) is 0 Å². The zero-order chi connectivity index (χ0) is 18.2. The zero-order valence-corrected chi connectivity index (χ0v) is 15.4. The smallest absolute Gasteiger partial charge is 0.303 e. The quantitative estimate of drug-likeness (QED) is 0.455. The normalized spacial score (nSPS) is 11.6. The second-order valence-corrected chi connectivity index (χ2v) is 7.72. The minimum Gasteiger partial charge on any atom is -0.481 e. The molecule has 0 heterocycles. The van der Waals surface area contributed by atoms with Crippen molar-refractivity contribution in [1.29, 1.82) is 0 Å². The van der Waals surface area contributed by atoms with Crippen LogP contribution in [0.4, 0.5) is 0 Å². The van der Waals surface area contributed by atoms with Gasteiger partial charge < -0.3 is 5.11 Å². The Morgan fingerprint density at radius 3 is 2.04 bits per heavy atom. The van der Waals surface area contributed by atoms with Crippen molar-refractivity contribution >= 4 is 16.1 Å². The molecule has 24 heavy (non-hydrogen) atoms. The molecule has 1 rings (SSSR count). The molecule has 0 atom stereocenters. The van der Waals surface area contributed by atoms with Crippen molar-refractivity contribution < 1.29 is 22.9 Å². The molecule has 0 amide bonds. The summed E-state index contributed by atoms with van der Waals surface area (Å²) in [5.74, 6) is -0.738. The number of unbranched alkanes of at least 4 members (excludes halogenated alkanes) is 6. The average Bonchev–Trinajstić information content (AvgIpc) is 2.48. The van der Waals surface area contributed by atoms with Gasteiger partial charge in [0.25, 0.3) is 10.1 Å². The zero-order valence-electron chi connectivity index (χ0n) is 14.5. The number of aliphatic carboxylic acids is 1. The van der Waals surface area contributed by atoms with Crippen LogP contribution in [-0.2, 0) is 21.3 Å². The Morgan fingerprint density at radius 2 is 1.50 bits per heavy atom. The molecule has 0 fully saturated rings. The van der Waals surface area contributed by atoms with E-state index in [1.54, 1.807) is 6.07 Å². The van der Waals surface area contributed by atoms with Crippen molar-refractivity contribution in [2.45, 2.75) is 76.5 Å². The van der Waals surface area contributed by atoms with E-state index in [4.69, 9.17) is 5.11 Å². The number of hydrogen-bond donors (Lipinski definition) is 2. The first-order valence-corrected chi connectivity index (χ1v) is 9.96. The number of carboxylic acids is 1. The van der Waals surface area contributed by atoms with E-state index in [0.29, 0.717) is 6.42 Å². The number of benzene rings is 1. The molecule has 0 bridgehead atoms. The highest BCUT2D eigenvalue weighted by Crippen LogP contribution is 2.24. The van der Waals surface area contributed by atoms with Gasteiger partial charge in [-0.2, -0.15) is 8.42 Å². The number of carbonyl (C=O) groups is 1. The van der Waals surface area contributed by atoms with E-state index in [1.165, 1.54) is 6.07 Å². The van der Waals surface area contributed by atoms with Crippen LogP contribution in [0.1, 0.15) is 68.1 Å². The molecule has 1 aromatic rings. The van der Waals surface area contributed by atoms with Crippen molar-refractivity contribution in [3.63, 3.8) is 0 Å². The Morgan fingerprint density at radius 1 is 0.958 bits per heavy atom. The van der Waals surface area contributed by atoms with E-state index in [0.717, 1.165) is 61.6 Å². The number of hydrogen-bond acceptors (Lipinski definition) is 3. The molecular formula is C18H28O5S. The molecule has 136 valence electrons. The van der Waals surface area contributed by atoms with Crippen LogP contribution < -0.4 is 0 Å². The largest absolute Gasteiger partial charge is 0.481 e. The third kappa shape index (κ3) is 7.01. The van der Waals surface area contributed by atoms with Gasteiger partial charge >= 0.3 is 5.97 Å². The first-order chi connectivity index (χ1) is 11.2. The maximum Gasteiger partial charge on any atom is 0.303 e. The highest BCUT2D eigenvalue weighted by Gasteiger charge is 2.17. The lowest BCUT2D eigenvalue weighted by atomic mass is 9.98. The second kappa shape index (κ2) is 9.79. The van der Waals surface area contributed by atoms with Gasteiger partial charge in [-0.1, -0.05) is 38.2 Å². The average molecular weight is 356 g/mol. The van der Waals surface area contributed by atoms with Gasteiger partial charge in [-0.25, -0.2) is 0 Å². The molecule has 0 spiro atoms. The maximum atomic E-state index is 11.5. The number of carboxylic acid groups (broad SMARTS) is 1. The van der Waals surface area contributed by atoms with Crippen molar-refractivity contribution in [3.05, 3.63) is 28.8 Å². The molecule has 1 aromatic carbocycles. The molecule has 0 radical (unpaired) electrons. The van der Waals surface area contributed by atoms with E-state index < -0.39 is 16.1 Å². The number of aryl methyl sites for hydroxylation is 1. The predicted octanol–water partition coefficient (Wildman–Crippen LogP) is 4.30. The molecule has 2 N–H and O–H groups in total. The summed E-state index contributed by atoms with van der Waals surface area (Å²) < 4.78 is 32.4. The van der Waals surface area contributed by atoms with Gasteiger partial charge in [-0.3, -0.25) is 9.35 Å². The van der Waals surface area contributed by atoms with Gasteiger partial charge in [0.1, 0.15) is 0 Å². The van der Waals surface area contributed by atoms with E-state index in [2.05, 4.69) is 0 Å². The van der Waals surface area contributed by atoms with Crippen molar-refractivity contribution in [3.8, 4) is 0 Å². The van der Waals surface area contributed by atoms with Crippen LogP contribution in [-0.4, -0.2) is 24.0 Å². The predicted molar refractivity (Wildman–Crippen MR) is 94.0 cm³/mol. The summed E-state index contributed by atoms with van der Waals surface area (Å²) >= 11 is 0. The molecule has 0 aliphatic rings. The van der Waals surface area contributed by atoms with Crippen LogP contribution in [0.3, 0.4) is 0 Å². The minimum absolute atomic E-state index is 0.0271. The first kappa shape index (κ1) is 20.6. The summed E-state index contributed by atoms with van der Waals surface area (Å²) in [6.07, 6.45) is 7.58. The van der Waals surface area contributed by atoms with Crippen LogP contribution >= 0.6 is 0 Å². The topological polar surface area (TPSA) is 91.7 Å². The molecule has 0 aliphatic heterocycles. The van der Waals surface area contributed by atoms with Crippen LogP contribution in [0.5, 0.6) is 0 Å². The Hall–Kier alpha value is -1.40. The third-order valence-corrected chi connectivity index (χ3v) is 5.36. The SMILES string of the molecule is Cc1ccc(S(=O)(=O)O)c(CCCCCCCCCC(=O)O)c1C. The van der Waals surface area contributed by atoms with Crippen molar-refractivity contribution in [2.75, 3.05) is 0 Å². The van der Waals surface area contributed by atoms with Crippen LogP contribution in [0, 0.1) is 13.8 Å². The summed E-state index contributed by atoms with van der Waals surface area (Å²) in [6.45, 7) is 3.82. The third-order valence-electron chi connectivity index (χ3n) is 4.42. The Bertz CT molecular complexity index is 650. The summed E-state index contributed by atoms with van der Waals surface area (Å²) in [5.41, 5.74) is 2.67. The van der Waals surface area contributed by atoms with Gasteiger partial charge in [0.05, 0.1) is 4.90 Å². The Balaban J connectivity index is 2.40. The lowest BCUT2D eigenvalue weighted by Crippen LogP contribution is -2.06. The van der Waals surface area contributed by atoms with E-state index in [1.807, 2.05) is 13.8 Å². The highest BCUT2D eigenvalue weighted by atomic mass is 32.2. The first-order valence-electron chi connectivity index (χ1n) is 8.52. The molecule has 0 saturated carbocycles. The summed E-state index contributed by atoms with van der Waals surface area (Å²) in [4.78, 5) is 10.4. The molecule has 6 heteroatoms. The molecule has 0 aliphatic carbocycles. The van der Waals surface area contributed by atoms with Crippen LogP contribution in [0.2, 0.25) is 0 Å². The van der Waals surface area contributed by atoms with Gasteiger partial charge in [0.15, 0.2) is 0 Å². The Labute approximate surface area is 144 Å². The van der Waals surface area contributed by atoms with E-state index in [9.17, 15) is 17.8 Å². The Kier molecular flexibility index (Phi) is 8.42. The molecule has 0 aromatic heterocycles. The molecule has 5 nitrogen and oxygen atoms in total. The minimum atomic E-state index is -4.19. The summed E-state index contributed by atoms with van der Waals surface area (Å²) in [6, 6.07) is 3.20. The molecule has 0 unspecified atom stereocenters. The van der Waals surface area contributed by atoms with E-state index in [-0.39, 0.29) is 11.3 Å². The molecule has 0 saturated heterocycles. The monoisotopic (exact) mass is 356 g/mol. The van der Waals surface area contributed by atoms with Gasteiger partial charge in [0.2, 0.25) is 0 Å². The van der Waals surface area contributed by atoms with Crippen molar-refractivity contribution in [1.82, 2.24) is 0 Å². The van der Waals surface area contributed by atoms with Crippen molar-refractivity contribution in [2.24, 2.45) is 0 Å². The van der Waals surface area contributed by atoms with Crippen LogP contribution in [0.15, 0.2) is 17.0 Å². The van der Waals surface area contributed by atoms with Gasteiger partial charge in [-0.15, -0.1) is 0 Å². The number of rotatable bonds is 11. The molecular weight excluding hydrogens is 328 g/mol. The fraction of sp³-hybridized carbons (Fsp3) is 0.611. The lowest BCUT2D eigenvalue weighted by Gasteiger charge is -2.13. The maximum absolute atomic E-state index is 11.5. The summed E-state index contributed by atoms with van der Waals surface area (Å²) in [7, 11) is -4.19. The lowest BCUT2D eigenvalue weighted by molar-refractivity contribution is -0.137. The second-order valence-electron chi connectivity index (χ2n) is 6.33. The summed E-state index contributed by atoms with van der Waals surface area (Å²) in [5, 5.41) is 8.56. The highest BCUT2D eigenvalue weighted by molar-refractivity contribution is 7.85. The fourth-order valence-corrected chi connectivity index (χ4v) is 3.67. The van der Waals surface area contributed by atoms with Gasteiger partial charge in [0, 0.05) is 6.42 Å².